The van der Waals surface area contributed by atoms with Gasteiger partial charge in [-0.05, 0) is 26.1 Å². The zero-order valence-electron chi connectivity index (χ0n) is 11.9. The molecule has 0 fully saturated rings. The Morgan fingerprint density at radius 1 is 1.50 bits per heavy atom. The van der Waals surface area contributed by atoms with Crippen LogP contribution >= 0.6 is 0 Å². The molecule has 0 saturated heterocycles. The second kappa shape index (κ2) is 5.91. The molecule has 1 aromatic rings. The van der Waals surface area contributed by atoms with Crippen LogP contribution in [0, 0.1) is 5.92 Å². The Labute approximate surface area is 109 Å². The maximum Gasteiger partial charge on any atom is 0.268 e. The zero-order chi connectivity index (χ0) is 13.9. The van der Waals surface area contributed by atoms with Gasteiger partial charge in [-0.25, -0.2) is 0 Å². The van der Waals surface area contributed by atoms with Gasteiger partial charge in [0.1, 0.15) is 5.69 Å². The van der Waals surface area contributed by atoms with E-state index in [2.05, 4.69) is 24.1 Å². The number of aromatic nitrogens is 1. The van der Waals surface area contributed by atoms with Gasteiger partial charge in [-0.15, -0.1) is 0 Å². The standard InChI is InChI=1S/C13H24N4O/c1-9(2)11(8-16(3)4)15-13(18)12-6-10(14)7-17(12)5/h6-7,9,11H,8,14H2,1-5H3,(H,15,18). The second-order valence-corrected chi connectivity index (χ2v) is 5.36. The SMILES string of the molecule is CC(C)C(CN(C)C)NC(=O)c1cc(N)cn1C. The molecule has 0 radical (unpaired) electrons. The molecule has 18 heavy (non-hydrogen) atoms. The first-order valence-corrected chi connectivity index (χ1v) is 6.18. The Balaban J connectivity index is 2.75. The summed E-state index contributed by atoms with van der Waals surface area (Å²) in [6.07, 6.45) is 1.74. The summed E-state index contributed by atoms with van der Waals surface area (Å²) in [7, 11) is 5.83. The van der Waals surface area contributed by atoms with Gasteiger partial charge in [-0.2, -0.15) is 0 Å². The lowest BCUT2D eigenvalue weighted by Crippen LogP contribution is -2.45. The van der Waals surface area contributed by atoms with Gasteiger partial charge in [0.05, 0.1) is 5.69 Å². The van der Waals surface area contributed by atoms with E-state index < -0.39 is 0 Å². The number of nitrogens with zero attached hydrogens (tertiary/aromatic N) is 2. The molecule has 0 aromatic carbocycles. The van der Waals surface area contributed by atoms with Crippen LogP contribution in [0.25, 0.3) is 0 Å². The number of nitrogen functional groups attached to an aromatic ring is 1. The van der Waals surface area contributed by atoms with E-state index in [4.69, 9.17) is 5.73 Å². The molecule has 102 valence electrons. The Bertz CT molecular complexity index is 409. The minimum absolute atomic E-state index is 0.0743. The summed E-state index contributed by atoms with van der Waals surface area (Å²) in [4.78, 5) is 14.2. The highest BCUT2D eigenvalue weighted by molar-refractivity contribution is 5.94. The van der Waals surface area contributed by atoms with Crippen molar-refractivity contribution in [3.63, 3.8) is 0 Å². The average molecular weight is 252 g/mol. The smallest absolute Gasteiger partial charge is 0.268 e. The Hall–Kier alpha value is -1.49. The van der Waals surface area contributed by atoms with Gasteiger partial charge in [0.25, 0.3) is 5.91 Å². The molecule has 5 nitrogen and oxygen atoms in total. The van der Waals surface area contributed by atoms with Crippen molar-refractivity contribution >= 4 is 11.6 Å². The van der Waals surface area contributed by atoms with Gasteiger partial charge in [0.15, 0.2) is 0 Å². The van der Waals surface area contributed by atoms with Crippen LogP contribution in [0.15, 0.2) is 12.3 Å². The predicted molar refractivity (Wildman–Crippen MR) is 74.5 cm³/mol. The number of amides is 1. The minimum Gasteiger partial charge on any atom is -0.397 e. The van der Waals surface area contributed by atoms with Gasteiger partial charge < -0.3 is 20.5 Å². The van der Waals surface area contributed by atoms with Crippen molar-refractivity contribution in [3.8, 4) is 0 Å². The number of carbonyl (C=O) groups is 1. The lowest BCUT2D eigenvalue weighted by Gasteiger charge is -2.25. The maximum absolute atomic E-state index is 12.2. The average Bonchev–Trinajstić information content (AvgIpc) is 2.56. The molecular weight excluding hydrogens is 228 g/mol. The Morgan fingerprint density at radius 2 is 2.11 bits per heavy atom. The first kappa shape index (κ1) is 14.6. The lowest BCUT2D eigenvalue weighted by molar-refractivity contribution is 0.0908. The van der Waals surface area contributed by atoms with Gasteiger partial charge in [0, 0.05) is 25.8 Å². The molecule has 1 heterocycles. The molecule has 0 bridgehead atoms. The number of hydrogen-bond donors (Lipinski definition) is 2. The predicted octanol–water partition coefficient (Wildman–Crippen LogP) is 0.923. The first-order chi connectivity index (χ1) is 8.31. The Morgan fingerprint density at radius 3 is 2.50 bits per heavy atom. The molecule has 5 heteroatoms. The van der Waals surface area contributed by atoms with Crippen LogP contribution in [-0.2, 0) is 7.05 Å². The monoisotopic (exact) mass is 252 g/mol. The fraction of sp³-hybridized carbons (Fsp3) is 0.615. The lowest BCUT2D eigenvalue weighted by atomic mass is 10.0. The molecule has 1 amide bonds. The third kappa shape index (κ3) is 3.77. The molecule has 0 aliphatic rings. The highest BCUT2D eigenvalue weighted by Gasteiger charge is 2.19. The van der Waals surface area contributed by atoms with E-state index in [1.807, 2.05) is 21.1 Å². The van der Waals surface area contributed by atoms with Crippen molar-refractivity contribution < 1.29 is 4.79 Å². The van der Waals surface area contributed by atoms with Crippen LogP contribution in [-0.4, -0.2) is 42.1 Å². The largest absolute Gasteiger partial charge is 0.397 e. The van der Waals surface area contributed by atoms with Gasteiger partial charge in [-0.3, -0.25) is 4.79 Å². The fourth-order valence-electron chi connectivity index (χ4n) is 1.87. The van der Waals surface area contributed by atoms with Crippen LogP contribution in [0.5, 0.6) is 0 Å². The topological polar surface area (TPSA) is 63.3 Å². The molecule has 0 aliphatic heterocycles. The molecule has 1 atom stereocenters. The Kier molecular flexibility index (Phi) is 4.78. The maximum atomic E-state index is 12.2. The van der Waals surface area contributed by atoms with E-state index >= 15 is 0 Å². The molecule has 0 aliphatic carbocycles. The number of likely N-dealkylation sites (N-methyl/N-ethyl adjacent to an activating group) is 1. The van der Waals surface area contributed by atoms with E-state index in [9.17, 15) is 4.79 Å². The number of nitrogens with two attached hydrogens (primary N) is 1. The van der Waals surface area contributed by atoms with E-state index in [0.717, 1.165) is 6.54 Å². The van der Waals surface area contributed by atoms with Crippen LogP contribution in [0.4, 0.5) is 5.69 Å². The summed E-state index contributed by atoms with van der Waals surface area (Å²) in [6.45, 7) is 5.03. The van der Waals surface area contributed by atoms with Crippen molar-refractivity contribution in [2.24, 2.45) is 13.0 Å². The van der Waals surface area contributed by atoms with Crippen LogP contribution in [0.3, 0.4) is 0 Å². The number of nitrogens with one attached hydrogen (secondary N) is 1. The van der Waals surface area contributed by atoms with Crippen molar-refractivity contribution in [1.29, 1.82) is 0 Å². The summed E-state index contributed by atoms with van der Waals surface area (Å²) in [6, 6.07) is 1.83. The van der Waals surface area contributed by atoms with Crippen LogP contribution < -0.4 is 11.1 Å². The van der Waals surface area contributed by atoms with Crippen molar-refractivity contribution in [1.82, 2.24) is 14.8 Å². The van der Waals surface area contributed by atoms with E-state index in [1.54, 1.807) is 16.8 Å². The summed E-state index contributed by atoms with van der Waals surface area (Å²) in [5, 5.41) is 3.06. The van der Waals surface area contributed by atoms with Crippen LogP contribution in [0.2, 0.25) is 0 Å². The third-order valence-electron chi connectivity index (χ3n) is 2.94. The van der Waals surface area contributed by atoms with Crippen molar-refractivity contribution in [3.05, 3.63) is 18.0 Å². The normalized spacial score (nSPS) is 13.1. The zero-order valence-corrected chi connectivity index (χ0v) is 11.9. The number of anilines is 1. The van der Waals surface area contributed by atoms with E-state index in [0.29, 0.717) is 17.3 Å². The highest BCUT2D eigenvalue weighted by atomic mass is 16.2. The quantitative estimate of drug-likeness (QED) is 0.819. The highest BCUT2D eigenvalue weighted by Crippen LogP contribution is 2.10. The number of rotatable bonds is 5. The molecule has 1 aromatic heterocycles. The van der Waals surface area contributed by atoms with Crippen molar-refractivity contribution in [2.75, 3.05) is 26.4 Å². The van der Waals surface area contributed by atoms with E-state index in [1.165, 1.54) is 0 Å². The number of hydrogen-bond acceptors (Lipinski definition) is 3. The van der Waals surface area contributed by atoms with Crippen molar-refractivity contribution in [2.45, 2.75) is 19.9 Å². The number of carbonyl (C=O) groups excluding carboxylic acids is 1. The summed E-state index contributed by atoms with van der Waals surface area (Å²) >= 11 is 0. The fourth-order valence-corrected chi connectivity index (χ4v) is 1.87. The molecule has 0 spiro atoms. The van der Waals surface area contributed by atoms with Crippen LogP contribution in [0.1, 0.15) is 24.3 Å². The molecule has 3 N–H and O–H groups in total. The molecule has 1 unspecified atom stereocenters. The first-order valence-electron chi connectivity index (χ1n) is 6.18. The summed E-state index contributed by atoms with van der Waals surface area (Å²) in [5.74, 6) is 0.309. The summed E-state index contributed by atoms with van der Waals surface area (Å²) < 4.78 is 1.75. The summed E-state index contributed by atoms with van der Waals surface area (Å²) in [5.41, 5.74) is 6.88. The van der Waals surface area contributed by atoms with Gasteiger partial charge >= 0.3 is 0 Å². The molecule has 0 saturated carbocycles. The number of aryl methyl sites for hydroxylation is 1. The molecular formula is C13H24N4O. The third-order valence-corrected chi connectivity index (χ3v) is 2.94. The second-order valence-electron chi connectivity index (χ2n) is 5.36. The van der Waals surface area contributed by atoms with Gasteiger partial charge in [0.2, 0.25) is 0 Å². The van der Waals surface area contributed by atoms with E-state index in [-0.39, 0.29) is 11.9 Å². The minimum atomic E-state index is -0.0743. The molecule has 1 rings (SSSR count). The van der Waals surface area contributed by atoms with Gasteiger partial charge in [-0.1, -0.05) is 13.8 Å².